The molecule has 0 saturated carbocycles. The minimum atomic E-state index is -1.90. The number of fused-ring (bicyclic) bond motifs is 3. The number of hydrogen-bond acceptors (Lipinski definition) is 6. The second-order valence-corrected chi connectivity index (χ2v) is 25.7. The highest BCUT2D eigenvalue weighted by atomic mass is 31.1. The van der Waals surface area contributed by atoms with Gasteiger partial charge in [-0.05, 0) is 106 Å². The molecule has 0 radical (unpaired) electrons. The highest BCUT2D eigenvalue weighted by Gasteiger charge is 2.29. The number of aryl methyl sites for hydroxylation is 1. The minimum Gasteiger partial charge on any atom is -0.497 e. The lowest BCUT2D eigenvalue weighted by atomic mass is 9.73. The summed E-state index contributed by atoms with van der Waals surface area (Å²) in [7, 11) is 3.13. The number of hydrogen-bond donors (Lipinski definition) is 0. The van der Waals surface area contributed by atoms with Crippen LogP contribution in [0.15, 0.2) is 69.1 Å². The molecule has 1 heterocycles. The third-order valence-electron chi connectivity index (χ3n) is 14.6. The topological polar surface area (TPSA) is 63.2 Å². The Labute approximate surface area is 434 Å². The van der Waals surface area contributed by atoms with E-state index in [1.807, 2.05) is 42.5 Å². The summed E-state index contributed by atoms with van der Waals surface area (Å²) in [6, 6.07) is 21.3. The van der Waals surface area contributed by atoms with Crippen LogP contribution in [0.1, 0.15) is 240 Å². The lowest BCUT2D eigenvalue weighted by Gasteiger charge is -2.31. The van der Waals surface area contributed by atoms with Gasteiger partial charge in [0.05, 0.1) is 21.3 Å². The molecule has 1 aromatic heterocycles. The van der Waals surface area contributed by atoms with E-state index in [1.54, 1.807) is 32.5 Å². The maximum Gasteiger partial charge on any atom is 0.453 e. The van der Waals surface area contributed by atoms with Gasteiger partial charge in [-0.1, -0.05) is 212 Å². The van der Waals surface area contributed by atoms with Gasteiger partial charge in [-0.3, -0.25) is 0 Å². The van der Waals surface area contributed by atoms with Gasteiger partial charge in [0.2, 0.25) is 0 Å². The van der Waals surface area contributed by atoms with Crippen LogP contribution in [0.25, 0.3) is 21.9 Å². The fourth-order valence-electron chi connectivity index (χ4n) is 9.84. The zero-order valence-corrected chi connectivity index (χ0v) is 49.4. The fourth-order valence-corrected chi connectivity index (χ4v) is 11.0. The lowest BCUT2D eigenvalue weighted by molar-refractivity contribution is 0.409. The Bertz CT molecular complexity index is 2390. The zero-order chi connectivity index (χ0) is 52.8. The maximum atomic E-state index is 6.76. The summed E-state index contributed by atoms with van der Waals surface area (Å²) in [5, 5.41) is 1.76. The number of methoxy groups -OCH3 is 3. The van der Waals surface area contributed by atoms with Gasteiger partial charge in [0.15, 0.2) is 0 Å². The van der Waals surface area contributed by atoms with Crippen molar-refractivity contribution in [3.05, 3.63) is 94.0 Å². The second kappa shape index (κ2) is 26.3. The van der Waals surface area contributed by atoms with Gasteiger partial charge in [0.1, 0.15) is 34.2 Å². The first-order valence-corrected chi connectivity index (χ1v) is 28.5. The molecule has 71 heavy (non-hydrogen) atoms. The van der Waals surface area contributed by atoms with Crippen LogP contribution in [-0.2, 0) is 27.1 Å². The fraction of sp³-hybridized carbons (Fsp3) is 0.625. The predicted molar refractivity (Wildman–Crippen MR) is 307 cm³/mol. The summed E-state index contributed by atoms with van der Waals surface area (Å²) in [4.78, 5) is 0. The van der Waals surface area contributed by atoms with Gasteiger partial charge >= 0.3 is 8.24 Å². The summed E-state index contributed by atoms with van der Waals surface area (Å²) in [6.45, 7) is 36.2. The molecule has 0 fully saturated rings. The van der Waals surface area contributed by atoms with Crippen molar-refractivity contribution in [3.8, 4) is 23.0 Å². The van der Waals surface area contributed by atoms with E-state index < -0.39 is 8.24 Å². The molecule has 7 heteroatoms. The Morgan fingerprint density at radius 1 is 0.423 bits per heavy atom. The van der Waals surface area contributed by atoms with Crippen molar-refractivity contribution in [2.75, 3.05) is 21.3 Å². The molecule has 4 aromatic carbocycles. The van der Waals surface area contributed by atoms with Crippen molar-refractivity contribution in [3.63, 3.8) is 0 Å². The van der Waals surface area contributed by atoms with Gasteiger partial charge in [-0.15, -0.1) is 0 Å². The Hall–Kier alpha value is -4.02. The van der Waals surface area contributed by atoms with Crippen molar-refractivity contribution >= 4 is 30.2 Å². The van der Waals surface area contributed by atoms with Gasteiger partial charge in [-0.25, -0.2) is 0 Å². The Morgan fingerprint density at radius 2 is 0.831 bits per heavy atom. The SMILES string of the molecule is CCCCCCCCCC(C)(C)c1ccc(C)c(C(C)(C)CCCCCCCCC)c1.COc1ccc(Op2oc3c(C(C)(C)C)cc(OC)cc3c3cc(OC)cc(C(C)(C)C)c3o2)c(C(C)(C)C)c1. The zero-order valence-electron chi connectivity index (χ0n) is 48.5. The van der Waals surface area contributed by atoms with Crippen molar-refractivity contribution in [1.82, 2.24) is 0 Å². The summed E-state index contributed by atoms with van der Waals surface area (Å²) >= 11 is 0. The summed E-state index contributed by atoms with van der Waals surface area (Å²) < 4.78 is 37.2. The Morgan fingerprint density at radius 3 is 1.25 bits per heavy atom. The first-order chi connectivity index (χ1) is 33.3. The lowest BCUT2D eigenvalue weighted by Crippen LogP contribution is -2.22. The van der Waals surface area contributed by atoms with Crippen LogP contribution in [0.4, 0.5) is 0 Å². The molecule has 396 valence electrons. The van der Waals surface area contributed by atoms with Gasteiger partial charge in [0.25, 0.3) is 0 Å². The monoisotopic (exact) mass is 995 g/mol. The molecular formula is C64H99O6P. The van der Waals surface area contributed by atoms with Crippen LogP contribution in [0.2, 0.25) is 0 Å². The molecule has 0 N–H and O–H groups in total. The first kappa shape index (κ1) is 59.5. The molecule has 0 aliphatic rings. The molecule has 0 unspecified atom stereocenters. The molecule has 0 aliphatic carbocycles. The molecule has 0 atom stereocenters. The Balaban J connectivity index is 0.000000320. The van der Waals surface area contributed by atoms with E-state index in [-0.39, 0.29) is 27.1 Å². The quantitative estimate of drug-likeness (QED) is 0.0608. The summed E-state index contributed by atoms with van der Waals surface area (Å²) in [5.41, 5.74) is 8.92. The van der Waals surface area contributed by atoms with E-state index in [0.29, 0.717) is 5.75 Å². The van der Waals surface area contributed by atoms with Crippen molar-refractivity contribution < 1.29 is 27.1 Å². The molecule has 0 aliphatic heterocycles. The molecule has 6 nitrogen and oxygen atoms in total. The van der Waals surface area contributed by atoms with Crippen molar-refractivity contribution in [2.24, 2.45) is 0 Å². The van der Waals surface area contributed by atoms with E-state index in [1.165, 1.54) is 108 Å². The van der Waals surface area contributed by atoms with Gasteiger partial charge in [-0.2, -0.15) is 0 Å². The first-order valence-electron chi connectivity index (χ1n) is 27.4. The minimum absolute atomic E-state index is 0.200. The number of benzene rings is 4. The average Bonchev–Trinajstić information content (AvgIpc) is 3.45. The van der Waals surface area contributed by atoms with Crippen LogP contribution >= 0.6 is 8.24 Å². The largest absolute Gasteiger partial charge is 0.497 e. The van der Waals surface area contributed by atoms with Crippen LogP contribution in [0, 0.1) is 6.92 Å². The highest BCUT2D eigenvalue weighted by Crippen LogP contribution is 2.47. The third kappa shape index (κ3) is 17.0. The van der Waals surface area contributed by atoms with Crippen LogP contribution in [-0.4, -0.2) is 21.3 Å². The predicted octanol–water partition coefficient (Wildman–Crippen LogP) is 20.9. The van der Waals surface area contributed by atoms with E-state index in [0.717, 1.165) is 55.9 Å². The van der Waals surface area contributed by atoms with E-state index in [9.17, 15) is 0 Å². The summed E-state index contributed by atoms with van der Waals surface area (Å²) in [5.74, 6) is 2.96. The van der Waals surface area contributed by atoms with Crippen LogP contribution < -0.4 is 18.7 Å². The molecule has 0 spiro atoms. The molecule has 5 rings (SSSR count). The Kier molecular flexibility index (Phi) is 22.0. The normalized spacial score (nSPS) is 12.5. The third-order valence-corrected chi connectivity index (χ3v) is 15.6. The smallest absolute Gasteiger partial charge is 0.453 e. The number of unbranched alkanes of at least 4 members (excludes halogenated alkanes) is 12. The molecule has 0 bridgehead atoms. The van der Waals surface area contributed by atoms with Crippen molar-refractivity contribution in [1.29, 1.82) is 0 Å². The average molecular weight is 995 g/mol. The second-order valence-electron chi connectivity index (χ2n) is 24.8. The van der Waals surface area contributed by atoms with E-state index >= 15 is 0 Å². The van der Waals surface area contributed by atoms with Gasteiger partial charge in [0, 0.05) is 27.5 Å². The van der Waals surface area contributed by atoms with Crippen LogP contribution in [0.5, 0.6) is 23.0 Å². The van der Waals surface area contributed by atoms with E-state index in [2.05, 4.69) is 129 Å². The summed E-state index contributed by atoms with van der Waals surface area (Å²) in [6.07, 6.45) is 22.2. The number of rotatable bonds is 23. The van der Waals surface area contributed by atoms with Gasteiger partial charge < -0.3 is 27.1 Å². The van der Waals surface area contributed by atoms with Crippen molar-refractivity contribution in [2.45, 2.75) is 241 Å². The van der Waals surface area contributed by atoms with E-state index in [4.69, 9.17) is 27.1 Å². The van der Waals surface area contributed by atoms with Crippen LogP contribution in [0.3, 0.4) is 0 Å². The number of ether oxygens (including phenoxy) is 3. The molecule has 0 saturated heterocycles. The standard InChI is InChI=1S/C33H43O6P.C31H56/c1-31(2,3)25-17-20(34-10)13-14-28(25)37-40-38-29-23(15-21(35-11)18-26(29)32(4,5)6)24-16-22(36-12)19-27(30(24)39-40)33(7,8)9;1-8-10-12-14-16-18-20-24-30(4,5)28-23-22-27(3)29(26-28)31(6,7)25-21-19-17-15-13-11-9-2/h13-19H,1-12H3;22-23,26H,8-21,24-25H2,1-7H3. The molecular weight excluding hydrogens is 896 g/mol. The molecule has 5 aromatic rings. The maximum absolute atomic E-state index is 6.76. The molecule has 0 amide bonds. The highest BCUT2D eigenvalue weighted by molar-refractivity contribution is 7.32.